The number of sulfonamides is 1. The van der Waals surface area contributed by atoms with E-state index in [1.807, 2.05) is 0 Å². The van der Waals surface area contributed by atoms with Crippen LogP contribution in [-0.2, 0) is 14.8 Å². The average Bonchev–Trinajstić information content (AvgIpc) is 3.35. The van der Waals surface area contributed by atoms with Gasteiger partial charge in [0.1, 0.15) is 12.0 Å². The van der Waals surface area contributed by atoms with Crippen molar-refractivity contribution in [3.8, 4) is 34.8 Å². The van der Waals surface area contributed by atoms with Gasteiger partial charge in [-0.3, -0.25) is 4.72 Å². The number of carboxylic acid groups (broad SMARTS) is 1. The third kappa shape index (κ3) is 7.03. The Morgan fingerprint density at radius 3 is 2.30 bits per heavy atom. The Bertz CT molecular complexity index is 1410. The maximum atomic E-state index is 13.1. The van der Waals surface area contributed by atoms with E-state index in [0.29, 0.717) is 24.5 Å². The first-order chi connectivity index (χ1) is 18.9. The van der Waals surface area contributed by atoms with Crippen LogP contribution in [0.1, 0.15) is 12.8 Å². The van der Waals surface area contributed by atoms with E-state index >= 15 is 0 Å². The van der Waals surface area contributed by atoms with Crippen LogP contribution in [0.3, 0.4) is 0 Å². The predicted molar refractivity (Wildman–Crippen MR) is 132 cm³/mol. The van der Waals surface area contributed by atoms with Gasteiger partial charge in [-0.25, -0.2) is 22.8 Å². The zero-order chi connectivity index (χ0) is 29.5. The van der Waals surface area contributed by atoms with E-state index < -0.39 is 27.4 Å². The molecular weight excluding hydrogens is 565 g/mol. The Morgan fingerprint density at radius 1 is 1.12 bits per heavy atom. The van der Waals surface area contributed by atoms with E-state index in [0.717, 1.165) is 13.0 Å². The zero-order valence-corrected chi connectivity index (χ0v) is 22.2. The summed E-state index contributed by atoms with van der Waals surface area (Å²) in [5.41, 5.74) is 0.589. The molecule has 3 aromatic rings. The lowest BCUT2D eigenvalue weighted by molar-refractivity contribution is -0.192. The average molecular weight is 591 g/mol. The fourth-order valence-corrected chi connectivity index (χ4v) is 4.88. The number of alkyl halides is 3. The molecule has 3 N–H and O–H groups in total. The van der Waals surface area contributed by atoms with Crippen LogP contribution in [0, 0.1) is 0 Å². The number of aromatic nitrogens is 6. The molecule has 0 aliphatic carbocycles. The summed E-state index contributed by atoms with van der Waals surface area (Å²) < 4.78 is 78.0. The number of pyridine rings is 1. The summed E-state index contributed by atoms with van der Waals surface area (Å²) in [7, 11) is 0.555. The third-order valence-corrected chi connectivity index (χ3v) is 7.10. The SMILES string of the molecule is COc1cccc(-c2nnc(NS(=O)(=O)[C@H]3CCCNC3)n2-c2c(OC)ncnc2OC)n1.O=C(O)C(F)(F)F. The van der Waals surface area contributed by atoms with Crippen molar-refractivity contribution in [2.75, 3.05) is 39.1 Å². The first kappa shape index (κ1) is 30.3. The van der Waals surface area contributed by atoms with Gasteiger partial charge >= 0.3 is 12.1 Å². The number of hydrogen-bond acceptors (Lipinski definition) is 12. The van der Waals surface area contributed by atoms with E-state index in [2.05, 4.69) is 35.2 Å². The quantitative estimate of drug-likeness (QED) is 0.340. The number of carbonyl (C=O) groups is 1. The number of aliphatic carboxylic acids is 1. The van der Waals surface area contributed by atoms with Gasteiger partial charge in [0.2, 0.25) is 33.6 Å². The fraction of sp³-hybridized carbons (Fsp3) is 0.429. The predicted octanol–water partition coefficient (Wildman–Crippen LogP) is 1.27. The molecule has 4 rings (SSSR count). The number of nitrogens with one attached hydrogen (secondary N) is 2. The van der Waals surface area contributed by atoms with Gasteiger partial charge in [0.15, 0.2) is 11.5 Å². The van der Waals surface area contributed by atoms with Crippen molar-refractivity contribution in [1.82, 2.24) is 35.0 Å². The highest BCUT2D eigenvalue weighted by Gasteiger charge is 2.38. The van der Waals surface area contributed by atoms with Crippen molar-refractivity contribution < 1.29 is 45.7 Å². The molecule has 19 heteroatoms. The fourth-order valence-electron chi connectivity index (χ4n) is 3.51. The van der Waals surface area contributed by atoms with E-state index in [4.69, 9.17) is 24.1 Å². The highest BCUT2D eigenvalue weighted by atomic mass is 32.2. The van der Waals surface area contributed by atoms with E-state index in [9.17, 15) is 21.6 Å². The summed E-state index contributed by atoms with van der Waals surface area (Å²) in [5.74, 6) is -2.02. The number of anilines is 1. The number of methoxy groups -OCH3 is 3. The summed E-state index contributed by atoms with van der Waals surface area (Å²) in [6.07, 6.45) is -2.53. The highest BCUT2D eigenvalue weighted by molar-refractivity contribution is 7.93. The Morgan fingerprint density at radius 2 is 1.77 bits per heavy atom. The maximum Gasteiger partial charge on any atom is 0.490 e. The lowest BCUT2D eigenvalue weighted by atomic mass is 10.2. The third-order valence-electron chi connectivity index (χ3n) is 5.36. The molecule has 4 heterocycles. The summed E-state index contributed by atoms with van der Waals surface area (Å²) in [6, 6.07) is 5.10. The van der Waals surface area contributed by atoms with Gasteiger partial charge in [0, 0.05) is 12.6 Å². The molecule has 1 aliphatic rings. The standard InChI is InChI=1S/C19H24N8O5S.C2HF3O2/c1-30-14-8-4-7-13(23-14)16-24-25-19(26-33(28,29)12-6-5-9-20-10-12)27(16)15-17(31-2)21-11-22-18(15)32-3;3-2(4,5)1(6)7/h4,7-8,11-12,20H,5-6,9-10H2,1-3H3,(H,25,26);(H,6,7)/t12-;/m0./s1. The topological polar surface area (TPSA) is 193 Å². The molecule has 15 nitrogen and oxygen atoms in total. The summed E-state index contributed by atoms with van der Waals surface area (Å²) >= 11 is 0. The summed E-state index contributed by atoms with van der Waals surface area (Å²) in [6.45, 7) is 1.12. The minimum absolute atomic E-state index is 0.0772. The molecule has 1 fully saturated rings. The van der Waals surface area contributed by atoms with Crippen LogP contribution in [0.4, 0.5) is 19.1 Å². The van der Waals surface area contributed by atoms with E-state index in [-0.39, 0.29) is 29.2 Å². The minimum Gasteiger partial charge on any atom is -0.481 e. The van der Waals surface area contributed by atoms with Gasteiger partial charge in [-0.1, -0.05) is 6.07 Å². The summed E-state index contributed by atoms with van der Waals surface area (Å²) in [4.78, 5) is 21.6. The second kappa shape index (κ2) is 12.7. The molecule has 0 spiro atoms. The molecule has 0 bridgehead atoms. The molecule has 218 valence electrons. The molecule has 1 aliphatic heterocycles. The molecule has 3 aromatic heterocycles. The van der Waals surface area contributed by atoms with Crippen molar-refractivity contribution in [1.29, 1.82) is 0 Å². The number of carboxylic acids is 1. The van der Waals surface area contributed by atoms with Gasteiger partial charge in [-0.15, -0.1) is 10.2 Å². The maximum absolute atomic E-state index is 13.1. The number of nitrogens with zero attached hydrogens (tertiary/aromatic N) is 6. The Labute approximate surface area is 225 Å². The molecule has 0 unspecified atom stereocenters. The number of ether oxygens (including phenoxy) is 3. The molecule has 0 amide bonds. The second-order valence-corrected chi connectivity index (χ2v) is 9.87. The highest BCUT2D eigenvalue weighted by Crippen LogP contribution is 2.35. The summed E-state index contributed by atoms with van der Waals surface area (Å²) in [5, 5.41) is 17.9. The first-order valence-corrected chi connectivity index (χ1v) is 12.9. The first-order valence-electron chi connectivity index (χ1n) is 11.4. The van der Waals surface area contributed by atoms with Crippen LogP contribution in [0.15, 0.2) is 24.5 Å². The van der Waals surface area contributed by atoms with Crippen LogP contribution >= 0.6 is 0 Å². The van der Waals surface area contributed by atoms with Gasteiger partial charge in [-0.2, -0.15) is 23.1 Å². The largest absolute Gasteiger partial charge is 0.490 e. The van der Waals surface area contributed by atoms with Crippen LogP contribution in [0.2, 0.25) is 0 Å². The van der Waals surface area contributed by atoms with Crippen molar-refractivity contribution in [3.63, 3.8) is 0 Å². The van der Waals surface area contributed by atoms with Gasteiger partial charge in [-0.05, 0) is 25.5 Å². The monoisotopic (exact) mass is 590 g/mol. The molecule has 1 saturated heterocycles. The Balaban J connectivity index is 0.000000559. The lowest BCUT2D eigenvalue weighted by Gasteiger charge is -2.23. The molecule has 40 heavy (non-hydrogen) atoms. The zero-order valence-electron chi connectivity index (χ0n) is 21.3. The second-order valence-electron chi connectivity index (χ2n) is 7.91. The van der Waals surface area contributed by atoms with Crippen LogP contribution in [0.5, 0.6) is 17.6 Å². The molecular formula is C21H25F3N8O7S. The van der Waals surface area contributed by atoms with Gasteiger partial charge in [0.05, 0.1) is 26.6 Å². The molecule has 1 atom stereocenters. The molecule has 0 radical (unpaired) electrons. The van der Waals surface area contributed by atoms with Crippen LogP contribution in [0.25, 0.3) is 17.2 Å². The number of halogens is 3. The Kier molecular flexibility index (Phi) is 9.64. The van der Waals surface area contributed by atoms with Gasteiger partial charge in [0.25, 0.3) is 0 Å². The van der Waals surface area contributed by atoms with Crippen molar-refractivity contribution in [2.24, 2.45) is 0 Å². The minimum atomic E-state index is -5.08. The van der Waals surface area contributed by atoms with Crippen molar-refractivity contribution in [3.05, 3.63) is 24.5 Å². The van der Waals surface area contributed by atoms with E-state index in [1.54, 1.807) is 18.2 Å². The number of rotatable bonds is 8. The Hall–Kier alpha value is -4.26. The normalized spacial score (nSPS) is 15.4. The van der Waals surface area contributed by atoms with E-state index in [1.165, 1.54) is 32.2 Å². The molecule has 0 aromatic carbocycles. The molecule has 0 saturated carbocycles. The van der Waals surface area contributed by atoms with Crippen LogP contribution in [-0.4, -0.2) is 95.1 Å². The van der Waals surface area contributed by atoms with Gasteiger partial charge < -0.3 is 24.6 Å². The lowest BCUT2D eigenvalue weighted by Crippen LogP contribution is -2.41. The van der Waals surface area contributed by atoms with Crippen LogP contribution < -0.4 is 24.2 Å². The van der Waals surface area contributed by atoms with Crippen molar-refractivity contribution >= 4 is 21.9 Å². The smallest absolute Gasteiger partial charge is 0.481 e. The number of piperidine rings is 1. The number of hydrogen-bond donors (Lipinski definition) is 3. The van der Waals surface area contributed by atoms with Crippen molar-refractivity contribution in [2.45, 2.75) is 24.3 Å².